The van der Waals surface area contributed by atoms with Gasteiger partial charge in [0.25, 0.3) is 0 Å². The number of halogens is 2. The maximum atomic E-state index is 4.01. The van der Waals surface area contributed by atoms with Crippen molar-refractivity contribution in [3.63, 3.8) is 0 Å². The summed E-state index contributed by atoms with van der Waals surface area (Å²) in [6.07, 6.45) is 4.05. The third-order valence-corrected chi connectivity index (χ3v) is 4.14. The highest BCUT2D eigenvalue weighted by atomic mass is 79.9. The van der Waals surface area contributed by atoms with Gasteiger partial charge in [0.1, 0.15) is 4.60 Å². The van der Waals surface area contributed by atoms with Gasteiger partial charge in [0, 0.05) is 6.54 Å². The fourth-order valence-corrected chi connectivity index (χ4v) is 1.89. The van der Waals surface area contributed by atoms with Crippen molar-refractivity contribution in [1.29, 1.82) is 0 Å². The van der Waals surface area contributed by atoms with Crippen molar-refractivity contribution < 1.29 is 0 Å². The lowest BCUT2D eigenvalue weighted by Crippen LogP contribution is -2.18. The summed E-state index contributed by atoms with van der Waals surface area (Å²) in [5, 5.41) is 7.92. The topological polar surface area (TPSA) is 30.7 Å². The standard InChI is InChI=1S/C7H9Br2N3/c8-6-7(9)12(11-10-6)4-5-2-1-3-5/h5H,1-4H2. The summed E-state index contributed by atoms with van der Waals surface area (Å²) in [5.74, 6) is 0.815. The summed E-state index contributed by atoms with van der Waals surface area (Å²) in [5.41, 5.74) is 0. The Balaban J connectivity index is 2.06. The first-order valence-corrected chi connectivity index (χ1v) is 5.60. The molecule has 0 bridgehead atoms. The van der Waals surface area contributed by atoms with Crippen molar-refractivity contribution in [3.05, 3.63) is 9.21 Å². The van der Waals surface area contributed by atoms with E-state index in [1.54, 1.807) is 0 Å². The predicted octanol–water partition coefficient (Wildman–Crippen LogP) is 2.60. The van der Waals surface area contributed by atoms with E-state index in [9.17, 15) is 0 Å². The molecule has 1 aliphatic rings. The first-order valence-electron chi connectivity index (χ1n) is 4.02. The van der Waals surface area contributed by atoms with E-state index in [0.29, 0.717) is 0 Å². The fourth-order valence-electron chi connectivity index (χ4n) is 1.32. The van der Waals surface area contributed by atoms with Crippen molar-refractivity contribution in [2.45, 2.75) is 25.8 Å². The summed E-state index contributed by atoms with van der Waals surface area (Å²) in [6.45, 7) is 0.999. The second-order valence-corrected chi connectivity index (χ2v) is 4.65. The van der Waals surface area contributed by atoms with Crippen LogP contribution in [0.2, 0.25) is 0 Å². The SMILES string of the molecule is Brc1nnn(CC2CCC2)c1Br. The molecule has 1 aromatic rings. The van der Waals surface area contributed by atoms with Gasteiger partial charge in [-0.25, -0.2) is 4.68 Å². The molecule has 1 aromatic heterocycles. The van der Waals surface area contributed by atoms with E-state index in [2.05, 4.69) is 42.2 Å². The predicted molar refractivity (Wildman–Crippen MR) is 52.8 cm³/mol. The molecule has 0 aromatic carbocycles. The third kappa shape index (κ3) is 1.57. The summed E-state index contributed by atoms with van der Waals surface area (Å²) in [7, 11) is 0. The van der Waals surface area contributed by atoms with Crippen molar-refractivity contribution in [1.82, 2.24) is 15.0 Å². The van der Waals surface area contributed by atoms with Gasteiger partial charge in [-0.3, -0.25) is 0 Å². The highest BCUT2D eigenvalue weighted by Gasteiger charge is 2.19. The Morgan fingerprint density at radius 2 is 2.17 bits per heavy atom. The van der Waals surface area contributed by atoms with Crippen molar-refractivity contribution in [2.24, 2.45) is 5.92 Å². The van der Waals surface area contributed by atoms with Gasteiger partial charge in [0.05, 0.1) is 0 Å². The maximum Gasteiger partial charge on any atom is 0.162 e. The van der Waals surface area contributed by atoms with Gasteiger partial charge >= 0.3 is 0 Å². The molecule has 1 heterocycles. The molecule has 1 saturated carbocycles. The number of hydrogen-bond acceptors (Lipinski definition) is 2. The van der Waals surface area contributed by atoms with Crippen LogP contribution in [-0.2, 0) is 6.54 Å². The molecule has 0 radical (unpaired) electrons. The zero-order chi connectivity index (χ0) is 8.55. The molecule has 1 fully saturated rings. The molecule has 0 saturated heterocycles. The Bertz CT molecular complexity index is 280. The number of aromatic nitrogens is 3. The zero-order valence-electron chi connectivity index (χ0n) is 6.50. The highest BCUT2D eigenvalue weighted by Crippen LogP contribution is 2.29. The summed E-state index contributed by atoms with van der Waals surface area (Å²) >= 11 is 6.73. The van der Waals surface area contributed by atoms with Crippen LogP contribution in [-0.4, -0.2) is 15.0 Å². The highest BCUT2D eigenvalue weighted by molar-refractivity contribution is 9.13. The number of hydrogen-bond donors (Lipinski definition) is 0. The minimum Gasteiger partial charge on any atom is -0.237 e. The van der Waals surface area contributed by atoms with E-state index in [0.717, 1.165) is 21.7 Å². The Hall–Kier alpha value is 0.1000. The maximum absolute atomic E-state index is 4.01. The van der Waals surface area contributed by atoms with Gasteiger partial charge in [-0.05, 0) is 50.6 Å². The van der Waals surface area contributed by atoms with Crippen LogP contribution in [0.5, 0.6) is 0 Å². The molecule has 0 unspecified atom stereocenters. The lowest BCUT2D eigenvalue weighted by atomic mass is 9.85. The van der Waals surface area contributed by atoms with Gasteiger partial charge in [-0.2, -0.15) is 0 Å². The summed E-state index contributed by atoms with van der Waals surface area (Å²) in [6, 6.07) is 0. The van der Waals surface area contributed by atoms with Gasteiger partial charge < -0.3 is 0 Å². The zero-order valence-corrected chi connectivity index (χ0v) is 9.68. The second-order valence-electron chi connectivity index (χ2n) is 3.15. The first-order chi connectivity index (χ1) is 5.77. The van der Waals surface area contributed by atoms with Crippen molar-refractivity contribution in [2.75, 3.05) is 0 Å². The molecule has 0 atom stereocenters. The third-order valence-electron chi connectivity index (χ3n) is 2.29. The van der Waals surface area contributed by atoms with Crippen LogP contribution in [0.15, 0.2) is 9.21 Å². The summed E-state index contributed by atoms with van der Waals surface area (Å²) in [4.78, 5) is 0. The molecule has 0 N–H and O–H groups in total. The van der Waals surface area contributed by atoms with Crippen LogP contribution >= 0.6 is 31.9 Å². The van der Waals surface area contributed by atoms with Crippen LogP contribution in [0, 0.1) is 5.92 Å². The van der Waals surface area contributed by atoms with Gasteiger partial charge in [-0.1, -0.05) is 11.6 Å². The number of rotatable bonds is 2. The molecule has 66 valence electrons. The van der Waals surface area contributed by atoms with Crippen LogP contribution in [0.3, 0.4) is 0 Å². The molecule has 2 rings (SSSR count). The lowest BCUT2D eigenvalue weighted by molar-refractivity contribution is 0.262. The monoisotopic (exact) mass is 293 g/mol. The van der Waals surface area contributed by atoms with Gasteiger partial charge in [0.15, 0.2) is 4.60 Å². The van der Waals surface area contributed by atoms with Crippen LogP contribution < -0.4 is 0 Å². The minimum absolute atomic E-state index is 0.793. The van der Waals surface area contributed by atoms with E-state index < -0.39 is 0 Å². The van der Waals surface area contributed by atoms with E-state index in [1.807, 2.05) is 4.68 Å². The molecule has 0 aliphatic heterocycles. The average molecular weight is 295 g/mol. The van der Waals surface area contributed by atoms with Crippen molar-refractivity contribution >= 4 is 31.9 Å². The first kappa shape index (κ1) is 8.69. The minimum atomic E-state index is 0.793. The molecular formula is C7H9Br2N3. The van der Waals surface area contributed by atoms with E-state index in [-0.39, 0.29) is 0 Å². The smallest absolute Gasteiger partial charge is 0.162 e. The molecule has 1 aliphatic carbocycles. The normalized spacial score (nSPS) is 17.8. The van der Waals surface area contributed by atoms with E-state index in [4.69, 9.17) is 0 Å². The van der Waals surface area contributed by atoms with Crippen LogP contribution in [0.1, 0.15) is 19.3 Å². The van der Waals surface area contributed by atoms with E-state index >= 15 is 0 Å². The molecule has 5 heteroatoms. The van der Waals surface area contributed by atoms with Crippen LogP contribution in [0.25, 0.3) is 0 Å². The Labute approximate surface area is 87.8 Å². The molecule has 3 nitrogen and oxygen atoms in total. The van der Waals surface area contributed by atoms with Crippen molar-refractivity contribution in [3.8, 4) is 0 Å². The molecule has 12 heavy (non-hydrogen) atoms. The quantitative estimate of drug-likeness (QED) is 0.839. The second kappa shape index (κ2) is 3.46. The molecule has 0 spiro atoms. The van der Waals surface area contributed by atoms with E-state index in [1.165, 1.54) is 19.3 Å². The average Bonchev–Trinajstić information content (AvgIpc) is 2.27. The van der Waals surface area contributed by atoms with Crippen LogP contribution in [0.4, 0.5) is 0 Å². The Kier molecular flexibility index (Phi) is 2.50. The fraction of sp³-hybridized carbons (Fsp3) is 0.714. The Morgan fingerprint density at radius 1 is 1.42 bits per heavy atom. The Morgan fingerprint density at radius 3 is 2.58 bits per heavy atom. The molecular weight excluding hydrogens is 286 g/mol. The number of nitrogens with zero attached hydrogens (tertiary/aromatic N) is 3. The lowest BCUT2D eigenvalue weighted by Gasteiger charge is -2.24. The molecule has 0 amide bonds. The van der Waals surface area contributed by atoms with Gasteiger partial charge in [0.2, 0.25) is 0 Å². The van der Waals surface area contributed by atoms with Gasteiger partial charge in [-0.15, -0.1) is 5.10 Å². The summed E-state index contributed by atoms with van der Waals surface area (Å²) < 4.78 is 3.66. The largest absolute Gasteiger partial charge is 0.237 e.